The molecule has 1 aromatic heterocycles. The second-order valence-electron chi connectivity index (χ2n) is 6.83. The lowest BCUT2D eigenvalue weighted by molar-refractivity contribution is 0.0943. The number of nitrogens with zero attached hydrogens (tertiary/aromatic N) is 1. The van der Waals surface area contributed by atoms with Crippen molar-refractivity contribution in [3.63, 3.8) is 0 Å². The average Bonchev–Trinajstić information content (AvgIpc) is 2.74. The minimum Gasteiger partial charge on any atom is -0.350 e. The molecule has 0 saturated carbocycles. The molecule has 0 atom stereocenters. The van der Waals surface area contributed by atoms with Gasteiger partial charge in [-0.2, -0.15) is 0 Å². The molecule has 5 nitrogen and oxygen atoms in total. The van der Waals surface area contributed by atoms with E-state index in [9.17, 15) is 9.59 Å². The molecule has 6 heteroatoms. The first-order valence-corrected chi connectivity index (χ1v) is 9.95. The molecule has 0 saturated heterocycles. The molecular weight excluding hydrogens is 374 g/mol. The van der Waals surface area contributed by atoms with Crippen LogP contribution < -0.4 is 10.6 Å². The van der Waals surface area contributed by atoms with Crippen molar-refractivity contribution in [3.05, 3.63) is 76.1 Å². The highest BCUT2D eigenvalue weighted by atomic mass is 35.5. The van der Waals surface area contributed by atoms with Crippen LogP contribution >= 0.6 is 11.6 Å². The van der Waals surface area contributed by atoms with E-state index in [0.29, 0.717) is 18.1 Å². The molecule has 0 radical (unpaired) electrons. The monoisotopic (exact) mass is 397 g/mol. The van der Waals surface area contributed by atoms with E-state index in [0.717, 1.165) is 24.8 Å². The molecule has 2 amide bonds. The van der Waals surface area contributed by atoms with Crippen molar-refractivity contribution in [2.45, 2.75) is 38.6 Å². The van der Waals surface area contributed by atoms with Gasteiger partial charge in [-0.05, 0) is 61.9 Å². The van der Waals surface area contributed by atoms with Gasteiger partial charge in [0.15, 0.2) is 0 Å². The molecule has 0 spiro atoms. The quantitative estimate of drug-likeness (QED) is 0.685. The number of allylic oxidation sites excluding steroid dienone is 1. The van der Waals surface area contributed by atoms with Gasteiger partial charge in [0.1, 0.15) is 11.4 Å². The van der Waals surface area contributed by atoms with E-state index < -0.39 is 0 Å². The molecule has 1 aliphatic carbocycles. The van der Waals surface area contributed by atoms with Crippen LogP contribution in [0.1, 0.15) is 58.6 Å². The first-order valence-electron chi connectivity index (χ1n) is 9.57. The van der Waals surface area contributed by atoms with Gasteiger partial charge in [-0.3, -0.25) is 9.59 Å². The summed E-state index contributed by atoms with van der Waals surface area (Å²) < 4.78 is 0. The van der Waals surface area contributed by atoms with Crippen molar-refractivity contribution in [1.29, 1.82) is 0 Å². The van der Waals surface area contributed by atoms with Crippen molar-refractivity contribution in [2.24, 2.45) is 0 Å². The number of amides is 2. The third kappa shape index (κ3) is 5.92. The first kappa shape index (κ1) is 20.1. The maximum atomic E-state index is 12.3. The zero-order valence-electron chi connectivity index (χ0n) is 15.7. The fourth-order valence-electron chi connectivity index (χ4n) is 3.12. The molecule has 0 unspecified atom stereocenters. The van der Waals surface area contributed by atoms with Crippen LogP contribution in [-0.2, 0) is 6.54 Å². The number of hydrogen-bond donors (Lipinski definition) is 2. The summed E-state index contributed by atoms with van der Waals surface area (Å²) in [6, 6.07) is 12.1. The average molecular weight is 398 g/mol. The van der Waals surface area contributed by atoms with Gasteiger partial charge in [-0.25, -0.2) is 4.98 Å². The predicted molar refractivity (Wildman–Crippen MR) is 110 cm³/mol. The van der Waals surface area contributed by atoms with E-state index in [1.54, 1.807) is 30.3 Å². The van der Waals surface area contributed by atoms with Crippen molar-refractivity contribution >= 4 is 23.4 Å². The number of aromatic nitrogens is 1. The maximum Gasteiger partial charge on any atom is 0.270 e. The lowest BCUT2D eigenvalue weighted by Gasteiger charge is -2.13. The van der Waals surface area contributed by atoms with Crippen LogP contribution in [0.5, 0.6) is 0 Å². The second-order valence-corrected chi connectivity index (χ2v) is 7.27. The normalized spacial score (nSPS) is 13.5. The van der Waals surface area contributed by atoms with Gasteiger partial charge in [0, 0.05) is 18.1 Å². The van der Waals surface area contributed by atoms with E-state index in [1.807, 2.05) is 12.1 Å². The Kier molecular flexibility index (Phi) is 7.20. The minimum absolute atomic E-state index is 0.219. The molecule has 2 N–H and O–H groups in total. The van der Waals surface area contributed by atoms with Crippen molar-refractivity contribution in [2.75, 3.05) is 6.54 Å². The Balaban J connectivity index is 1.51. The molecule has 1 aliphatic rings. The lowest BCUT2D eigenvalue weighted by Crippen LogP contribution is -2.28. The molecule has 0 bridgehead atoms. The second kappa shape index (κ2) is 10.0. The third-order valence-electron chi connectivity index (χ3n) is 4.70. The lowest BCUT2D eigenvalue weighted by atomic mass is 9.97. The van der Waals surface area contributed by atoms with Crippen LogP contribution in [0.15, 0.2) is 54.1 Å². The SMILES string of the molecule is O=C(NCCC1=CCCCC1)c1cccc(C(=O)NCc2ccc(Cl)cc2)n1. The summed E-state index contributed by atoms with van der Waals surface area (Å²) in [5, 5.41) is 6.34. The summed E-state index contributed by atoms with van der Waals surface area (Å²) in [4.78, 5) is 28.9. The van der Waals surface area contributed by atoms with Crippen molar-refractivity contribution in [1.82, 2.24) is 15.6 Å². The minimum atomic E-state index is -0.322. The van der Waals surface area contributed by atoms with Gasteiger partial charge in [0.05, 0.1) is 0 Å². The van der Waals surface area contributed by atoms with Crippen LogP contribution in [0, 0.1) is 0 Å². The van der Waals surface area contributed by atoms with Gasteiger partial charge in [-0.1, -0.05) is 41.4 Å². The van der Waals surface area contributed by atoms with Gasteiger partial charge in [0.25, 0.3) is 11.8 Å². The van der Waals surface area contributed by atoms with Crippen molar-refractivity contribution in [3.8, 4) is 0 Å². The number of rotatable bonds is 7. The van der Waals surface area contributed by atoms with Crippen LogP contribution in [0.3, 0.4) is 0 Å². The smallest absolute Gasteiger partial charge is 0.270 e. The van der Waals surface area contributed by atoms with E-state index in [-0.39, 0.29) is 23.2 Å². The van der Waals surface area contributed by atoms with Gasteiger partial charge < -0.3 is 10.6 Å². The molecule has 3 rings (SSSR count). The Morgan fingerprint density at radius 2 is 1.68 bits per heavy atom. The maximum absolute atomic E-state index is 12.3. The largest absolute Gasteiger partial charge is 0.350 e. The van der Waals surface area contributed by atoms with Gasteiger partial charge in [-0.15, -0.1) is 0 Å². The van der Waals surface area contributed by atoms with Crippen LogP contribution in [-0.4, -0.2) is 23.3 Å². The standard InChI is InChI=1S/C22H24ClN3O2/c23-18-11-9-17(10-12-18)15-25-22(28)20-8-4-7-19(26-20)21(27)24-14-13-16-5-2-1-3-6-16/h4-5,7-12H,1-3,6,13-15H2,(H,24,27)(H,25,28). The van der Waals surface area contributed by atoms with E-state index in [2.05, 4.69) is 21.7 Å². The Morgan fingerprint density at radius 1 is 0.964 bits per heavy atom. The third-order valence-corrected chi connectivity index (χ3v) is 4.95. The number of halogens is 1. The Hall–Kier alpha value is -2.66. The highest BCUT2D eigenvalue weighted by Crippen LogP contribution is 2.19. The van der Waals surface area contributed by atoms with E-state index in [4.69, 9.17) is 11.6 Å². The number of hydrogen-bond acceptors (Lipinski definition) is 3. The van der Waals surface area contributed by atoms with E-state index >= 15 is 0 Å². The first-order chi connectivity index (χ1) is 13.6. The van der Waals surface area contributed by atoms with Crippen molar-refractivity contribution < 1.29 is 9.59 Å². The Labute approximate surface area is 170 Å². The van der Waals surface area contributed by atoms with Crippen LogP contribution in [0.4, 0.5) is 0 Å². The number of nitrogens with one attached hydrogen (secondary N) is 2. The number of benzene rings is 1. The fraction of sp³-hybridized carbons (Fsp3) is 0.318. The number of carbonyl (C=O) groups excluding carboxylic acids is 2. The summed E-state index contributed by atoms with van der Waals surface area (Å²) in [6.45, 7) is 0.947. The zero-order valence-corrected chi connectivity index (χ0v) is 16.5. The summed E-state index contributed by atoms with van der Waals surface area (Å²) in [5.41, 5.74) is 2.81. The molecule has 146 valence electrons. The fourth-order valence-corrected chi connectivity index (χ4v) is 3.25. The van der Waals surface area contributed by atoms with E-state index in [1.165, 1.54) is 18.4 Å². The summed E-state index contributed by atoms with van der Waals surface area (Å²) >= 11 is 5.86. The summed E-state index contributed by atoms with van der Waals surface area (Å²) in [5.74, 6) is -0.583. The Bertz CT molecular complexity index is 862. The topological polar surface area (TPSA) is 71.1 Å². The molecule has 1 heterocycles. The number of carbonyl (C=O) groups is 2. The molecular formula is C22H24ClN3O2. The summed E-state index contributed by atoms with van der Waals surface area (Å²) in [7, 11) is 0. The molecule has 0 fully saturated rings. The van der Waals surface area contributed by atoms with Crippen LogP contribution in [0.25, 0.3) is 0 Å². The molecule has 0 aliphatic heterocycles. The highest BCUT2D eigenvalue weighted by molar-refractivity contribution is 6.30. The molecule has 1 aromatic carbocycles. The predicted octanol–water partition coefficient (Wildman–Crippen LogP) is 4.29. The Morgan fingerprint density at radius 3 is 2.36 bits per heavy atom. The zero-order chi connectivity index (χ0) is 19.8. The molecule has 28 heavy (non-hydrogen) atoms. The highest BCUT2D eigenvalue weighted by Gasteiger charge is 2.12. The summed E-state index contributed by atoms with van der Waals surface area (Å²) in [6.07, 6.45) is 7.89. The van der Waals surface area contributed by atoms with Crippen LogP contribution in [0.2, 0.25) is 5.02 Å². The number of pyridine rings is 1. The van der Waals surface area contributed by atoms with Gasteiger partial charge in [0.2, 0.25) is 0 Å². The van der Waals surface area contributed by atoms with Gasteiger partial charge >= 0.3 is 0 Å². The molecule has 2 aromatic rings.